The van der Waals surface area contributed by atoms with Gasteiger partial charge in [-0.3, -0.25) is 0 Å². The largest absolute Gasteiger partial charge is 0.507 e. The molecule has 3 rings (SSSR count). The lowest BCUT2D eigenvalue weighted by atomic mass is 9.95. The third-order valence-electron chi connectivity index (χ3n) is 5.26. The van der Waals surface area contributed by atoms with E-state index in [9.17, 15) is 5.11 Å². The predicted octanol–water partition coefficient (Wildman–Crippen LogP) is 4.52. The number of quaternary nitrogens is 1. The van der Waals surface area contributed by atoms with Gasteiger partial charge in [-0.1, -0.05) is 25.4 Å². The van der Waals surface area contributed by atoms with E-state index in [1.165, 1.54) is 10.5 Å². The van der Waals surface area contributed by atoms with Crippen molar-refractivity contribution in [2.75, 3.05) is 0 Å². The van der Waals surface area contributed by atoms with Crippen LogP contribution in [0.15, 0.2) is 40.8 Å². The minimum atomic E-state index is 0.323. The van der Waals surface area contributed by atoms with Gasteiger partial charge < -0.3 is 14.4 Å². The fourth-order valence-corrected chi connectivity index (χ4v) is 3.59. The Morgan fingerprint density at radius 3 is 2.34 bits per heavy atom. The van der Waals surface area contributed by atoms with Crippen LogP contribution in [0.2, 0.25) is 5.02 Å². The smallest absolute Gasteiger partial charge is 0.271 e. The average molecular weight is 415 g/mol. The van der Waals surface area contributed by atoms with E-state index < -0.39 is 0 Å². The molecule has 0 bridgehead atoms. The average Bonchev–Trinajstić information content (AvgIpc) is 3.11. The predicted molar refractivity (Wildman–Crippen MR) is 115 cm³/mol. The van der Waals surface area contributed by atoms with E-state index in [1.54, 1.807) is 12.1 Å². The highest BCUT2D eigenvalue weighted by Gasteiger charge is 2.21. The van der Waals surface area contributed by atoms with Gasteiger partial charge in [0.15, 0.2) is 6.54 Å². The standard InChI is InChI=1S/C23H28ClN3O2/c1-14(2)20-11-18(21(28)10-16(20)5)12-27(15(3)4)13-22-25-26-23(29-22)17-6-8-19(24)9-7-17/h6-11,14-15,28H,12-13H2,1-5H3/p+1. The highest BCUT2D eigenvalue weighted by Crippen LogP contribution is 2.27. The van der Waals surface area contributed by atoms with Gasteiger partial charge in [-0.15, -0.1) is 10.2 Å². The molecule has 1 atom stereocenters. The number of nitrogens with one attached hydrogen (secondary N) is 1. The van der Waals surface area contributed by atoms with Gasteiger partial charge in [0.25, 0.3) is 5.89 Å². The summed E-state index contributed by atoms with van der Waals surface area (Å²) in [4.78, 5) is 1.24. The number of rotatable bonds is 7. The molecule has 154 valence electrons. The van der Waals surface area contributed by atoms with E-state index >= 15 is 0 Å². The summed E-state index contributed by atoms with van der Waals surface area (Å²) in [5.41, 5.74) is 4.18. The summed E-state index contributed by atoms with van der Waals surface area (Å²) >= 11 is 5.95. The Morgan fingerprint density at radius 1 is 1.03 bits per heavy atom. The van der Waals surface area contributed by atoms with Gasteiger partial charge in [0.05, 0.1) is 6.04 Å². The fraction of sp³-hybridized carbons (Fsp3) is 0.391. The van der Waals surface area contributed by atoms with Gasteiger partial charge in [0.1, 0.15) is 12.3 Å². The molecule has 1 unspecified atom stereocenters. The summed E-state index contributed by atoms with van der Waals surface area (Å²) < 4.78 is 5.89. The lowest BCUT2D eigenvalue weighted by molar-refractivity contribution is -0.949. The van der Waals surface area contributed by atoms with Crippen LogP contribution in [0.3, 0.4) is 0 Å². The van der Waals surface area contributed by atoms with E-state index in [2.05, 4.69) is 44.0 Å². The monoisotopic (exact) mass is 414 g/mol. The van der Waals surface area contributed by atoms with Crippen molar-refractivity contribution in [1.29, 1.82) is 0 Å². The van der Waals surface area contributed by atoms with Crippen LogP contribution in [-0.4, -0.2) is 21.3 Å². The molecule has 5 nitrogen and oxygen atoms in total. The van der Waals surface area contributed by atoms with Crippen LogP contribution in [0.25, 0.3) is 11.5 Å². The molecular weight excluding hydrogens is 386 g/mol. The van der Waals surface area contributed by atoms with Crippen LogP contribution < -0.4 is 4.90 Å². The molecule has 0 aliphatic heterocycles. The number of nitrogens with zero attached hydrogens (tertiary/aromatic N) is 2. The summed E-state index contributed by atoms with van der Waals surface area (Å²) in [6, 6.07) is 11.7. The zero-order valence-corrected chi connectivity index (χ0v) is 18.4. The molecule has 0 amide bonds. The number of halogens is 1. The number of phenolic OH excluding ortho intramolecular Hbond substituents is 1. The van der Waals surface area contributed by atoms with E-state index in [1.807, 2.05) is 25.1 Å². The summed E-state index contributed by atoms with van der Waals surface area (Å²) in [6.45, 7) is 12.0. The Balaban J connectivity index is 1.80. The zero-order chi connectivity index (χ0) is 21.1. The number of aromatic nitrogens is 2. The highest BCUT2D eigenvalue weighted by molar-refractivity contribution is 6.30. The molecule has 6 heteroatoms. The van der Waals surface area contributed by atoms with E-state index in [4.69, 9.17) is 16.0 Å². The number of hydrogen-bond donors (Lipinski definition) is 2. The van der Waals surface area contributed by atoms with Crippen molar-refractivity contribution in [2.45, 2.75) is 59.7 Å². The third-order valence-corrected chi connectivity index (χ3v) is 5.51. The zero-order valence-electron chi connectivity index (χ0n) is 17.7. The summed E-state index contributed by atoms with van der Waals surface area (Å²) in [5, 5.41) is 19.6. The van der Waals surface area contributed by atoms with Gasteiger partial charge >= 0.3 is 0 Å². The molecule has 0 aliphatic carbocycles. The van der Waals surface area contributed by atoms with E-state index in [-0.39, 0.29) is 0 Å². The van der Waals surface area contributed by atoms with Crippen molar-refractivity contribution < 1.29 is 14.4 Å². The Morgan fingerprint density at radius 2 is 1.72 bits per heavy atom. The minimum absolute atomic E-state index is 0.323. The quantitative estimate of drug-likeness (QED) is 0.596. The Hall–Kier alpha value is -2.37. The minimum Gasteiger partial charge on any atom is -0.507 e. The summed E-state index contributed by atoms with van der Waals surface area (Å²) in [6.07, 6.45) is 0. The van der Waals surface area contributed by atoms with Crippen LogP contribution in [-0.2, 0) is 13.1 Å². The summed E-state index contributed by atoms with van der Waals surface area (Å²) in [7, 11) is 0. The van der Waals surface area contributed by atoms with Crippen LogP contribution in [0.5, 0.6) is 5.75 Å². The molecular formula is C23H29ClN3O2+. The molecule has 0 radical (unpaired) electrons. The Labute approximate surface area is 177 Å². The first-order chi connectivity index (χ1) is 13.7. The van der Waals surface area contributed by atoms with Crippen molar-refractivity contribution in [3.63, 3.8) is 0 Å². The third kappa shape index (κ3) is 5.17. The van der Waals surface area contributed by atoms with Crippen molar-refractivity contribution in [1.82, 2.24) is 10.2 Å². The first kappa shape index (κ1) is 21.3. The van der Waals surface area contributed by atoms with E-state index in [0.29, 0.717) is 47.6 Å². The lowest BCUT2D eigenvalue weighted by Crippen LogP contribution is -3.12. The molecule has 2 N–H and O–H groups in total. The second-order valence-electron chi connectivity index (χ2n) is 8.17. The summed E-state index contributed by atoms with van der Waals surface area (Å²) in [5.74, 6) is 1.82. The van der Waals surface area contributed by atoms with Gasteiger partial charge in [0.2, 0.25) is 5.89 Å². The second-order valence-corrected chi connectivity index (χ2v) is 8.60. The molecule has 1 aromatic heterocycles. The Kier molecular flexibility index (Phi) is 6.60. The number of benzene rings is 2. The molecule has 0 fully saturated rings. The van der Waals surface area contributed by atoms with Crippen LogP contribution in [0, 0.1) is 6.92 Å². The second kappa shape index (κ2) is 8.97. The van der Waals surface area contributed by atoms with Gasteiger partial charge in [0, 0.05) is 16.1 Å². The number of hydrogen-bond acceptors (Lipinski definition) is 4. The van der Waals surface area contributed by atoms with Crippen LogP contribution in [0.4, 0.5) is 0 Å². The van der Waals surface area contributed by atoms with Crippen molar-refractivity contribution in [3.05, 3.63) is 64.0 Å². The normalized spacial score (nSPS) is 12.7. The van der Waals surface area contributed by atoms with E-state index in [0.717, 1.165) is 16.7 Å². The van der Waals surface area contributed by atoms with Crippen molar-refractivity contribution >= 4 is 11.6 Å². The maximum Gasteiger partial charge on any atom is 0.271 e. The number of aromatic hydroxyl groups is 1. The molecule has 0 aliphatic rings. The van der Waals surface area contributed by atoms with Gasteiger partial charge in [-0.25, -0.2) is 0 Å². The van der Waals surface area contributed by atoms with Crippen molar-refractivity contribution in [3.8, 4) is 17.2 Å². The van der Waals surface area contributed by atoms with Crippen molar-refractivity contribution in [2.24, 2.45) is 0 Å². The number of aryl methyl sites for hydroxylation is 1. The molecule has 1 heterocycles. The molecule has 0 saturated heterocycles. The highest BCUT2D eigenvalue weighted by atomic mass is 35.5. The molecule has 0 spiro atoms. The Bertz CT molecular complexity index is 965. The van der Waals surface area contributed by atoms with Gasteiger partial charge in [-0.05, 0) is 74.2 Å². The maximum absolute atomic E-state index is 10.5. The first-order valence-electron chi connectivity index (χ1n) is 10.00. The van der Waals surface area contributed by atoms with Gasteiger partial charge in [-0.2, -0.15) is 0 Å². The molecule has 29 heavy (non-hydrogen) atoms. The fourth-order valence-electron chi connectivity index (χ4n) is 3.46. The SMILES string of the molecule is Cc1cc(O)c(C[NH+](Cc2nnc(-c3ccc(Cl)cc3)o2)C(C)C)cc1C(C)C. The van der Waals surface area contributed by atoms with Crippen LogP contribution in [0.1, 0.15) is 56.2 Å². The topological polar surface area (TPSA) is 63.6 Å². The lowest BCUT2D eigenvalue weighted by Gasteiger charge is -2.23. The first-order valence-corrected chi connectivity index (χ1v) is 10.4. The number of phenols is 1. The molecule has 2 aromatic carbocycles. The maximum atomic E-state index is 10.5. The molecule has 0 saturated carbocycles. The van der Waals surface area contributed by atoms with Crippen LogP contribution >= 0.6 is 11.6 Å². The molecule has 3 aromatic rings.